The molecule has 0 radical (unpaired) electrons. The second-order valence-electron chi connectivity index (χ2n) is 3.87. The fourth-order valence-corrected chi connectivity index (χ4v) is 1.89. The van der Waals surface area contributed by atoms with Crippen molar-refractivity contribution in [1.29, 1.82) is 0 Å². The molecule has 0 bridgehead atoms. The molecular weight excluding hydrogens is 238 g/mol. The van der Waals surface area contributed by atoms with E-state index in [2.05, 4.69) is 4.98 Å². The predicted molar refractivity (Wildman–Crippen MR) is 62.3 cm³/mol. The number of nitrogens with two attached hydrogens (primary N) is 1. The minimum atomic E-state index is -1.09. The maximum atomic E-state index is 11.3. The Balaban J connectivity index is 2.39. The summed E-state index contributed by atoms with van der Waals surface area (Å²) in [5, 5.41) is 9.11. The van der Waals surface area contributed by atoms with Crippen LogP contribution in [0.15, 0.2) is 18.3 Å². The van der Waals surface area contributed by atoms with Crippen LogP contribution >= 0.6 is 0 Å². The third-order valence-electron chi connectivity index (χ3n) is 2.75. The number of carbonyl (C=O) groups is 2. The first-order valence-electron chi connectivity index (χ1n) is 5.43. The Morgan fingerprint density at radius 3 is 3.00 bits per heavy atom. The number of carbonyl (C=O) groups excluding carboxylic acids is 1. The SMILES string of the molecule is NC(=O)C1COCCN1c1ncccc1C(=O)O. The molecule has 7 heteroatoms. The Bertz CT molecular complexity index is 477. The number of anilines is 1. The number of carboxylic acid groups (broad SMARTS) is 1. The van der Waals surface area contributed by atoms with Crippen molar-refractivity contribution in [3.05, 3.63) is 23.9 Å². The topological polar surface area (TPSA) is 106 Å². The van der Waals surface area contributed by atoms with E-state index < -0.39 is 17.9 Å². The lowest BCUT2D eigenvalue weighted by molar-refractivity contribution is -0.121. The summed E-state index contributed by atoms with van der Waals surface area (Å²) < 4.78 is 5.18. The average Bonchev–Trinajstić information content (AvgIpc) is 2.38. The van der Waals surface area contributed by atoms with Crippen LogP contribution in [-0.4, -0.2) is 47.8 Å². The number of hydrogen-bond acceptors (Lipinski definition) is 5. The van der Waals surface area contributed by atoms with Gasteiger partial charge in [-0.05, 0) is 12.1 Å². The van der Waals surface area contributed by atoms with Gasteiger partial charge in [0, 0.05) is 12.7 Å². The molecule has 96 valence electrons. The van der Waals surface area contributed by atoms with E-state index in [4.69, 9.17) is 15.6 Å². The van der Waals surface area contributed by atoms with Crippen molar-refractivity contribution < 1.29 is 19.4 Å². The summed E-state index contributed by atoms with van der Waals surface area (Å²) in [6.07, 6.45) is 1.48. The lowest BCUT2D eigenvalue weighted by Gasteiger charge is -2.34. The van der Waals surface area contributed by atoms with Crippen molar-refractivity contribution in [3.8, 4) is 0 Å². The van der Waals surface area contributed by atoms with Gasteiger partial charge in [-0.2, -0.15) is 0 Å². The molecule has 0 aliphatic carbocycles. The van der Waals surface area contributed by atoms with Crippen LogP contribution in [0.3, 0.4) is 0 Å². The summed E-state index contributed by atoms with van der Waals surface area (Å²) >= 11 is 0. The zero-order valence-electron chi connectivity index (χ0n) is 9.57. The largest absolute Gasteiger partial charge is 0.478 e. The molecule has 1 amide bonds. The quantitative estimate of drug-likeness (QED) is 0.748. The molecule has 3 N–H and O–H groups in total. The van der Waals surface area contributed by atoms with Crippen molar-refractivity contribution in [2.45, 2.75) is 6.04 Å². The summed E-state index contributed by atoms with van der Waals surface area (Å²) in [6, 6.07) is 2.29. The number of carboxylic acids is 1. The molecule has 0 spiro atoms. The van der Waals surface area contributed by atoms with Gasteiger partial charge in [0.1, 0.15) is 17.4 Å². The first kappa shape index (κ1) is 12.3. The number of primary amides is 1. The highest BCUT2D eigenvalue weighted by molar-refractivity contribution is 5.94. The monoisotopic (exact) mass is 251 g/mol. The standard InChI is InChI=1S/C11H13N3O4/c12-9(15)8-6-18-5-4-14(8)10-7(11(16)17)2-1-3-13-10/h1-3,8H,4-6H2,(H2,12,15)(H,16,17). The molecule has 1 unspecified atom stereocenters. The number of morpholine rings is 1. The van der Waals surface area contributed by atoms with E-state index in [1.165, 1.54) is 18.3 Å². The molecular formula is C11H13N3O4. The van der Waals surface area contributed by atoms with E-state index in [9.17, 15) is 9.59 Å². The number of ether oxygens (including phenoxy) is 1. The Labute approximate surface area is 103 Å². The van der Waals surface area contributed by atoms with Crippen LogP contribution < -0.4 is 10.6 Å². The summed E-state index contributed by atoms with van der Waals surface area (Å²) in [5.41, 5.74) is 5.33. The minimum absolute atomic E-state index is 0.0469. The number of aromatic nitrogens is 1. The van der Waals surface area contributed by atoms with Gasteiger partial charge in [0.15, 0.2) is 0 Å². The van der Waals surface area contributed by atoms with Crippen LogP contribution in [0.1, 0.15) is 10.4 Å². The molecule has 1 aromatic rings. The predicted octanol–water partition coefficient (Wildman–Crippen LogP) is -0.530. The van der Waals surface area contributed by atoms with Gasteiger partial charge in [0.25, 0.3) is 0 Å². The van der Waals surface area contributed by atoms with Gasteiger partial charge in [-0.15, -0.1) is 0 Å². The second-order valence-corrected chi connectivity index (χ2v) is 3.87. The second kappa shape index (κ2) is 5.01. The fourth-order valence-electron chi connectivity index (χ4n) is 1.89. The van der Waals surface area contributed by atoms with Gasteiger partial charge in [-0.1, -0.05) is 0 Å². The molecule has 1 aliphatic rings. The Hall–Kier alpha value is -2.15. The summed E-state index contributed by atoms with van der Waals surface area (Å²) in [4.78, 5) is 28.1. The Morgan fingerprint density at radius 1 is 1.56 bits per heavy atom. The molecule has 0 saturated carbocycles. The van der Waals surface area contributed by atoms with Gasteiger partial charge in [-0.25, -0.2) is 9.78 Å². The van der Waals surface area contributed by atoms with E-state index in [-0.39, 0.29) is 18.0 Å². The number of nitrogens with zero attached hydrogens (tertiary/aromatic N) is 2. The van der Waals surface area contributed by atoms with Crippen molar-refractivity contribution >= 4 is 17.7 Å². The average molecular weight is 251 g/mol. The van der Waals surface area contributed by atoms with Crippen LogP contribution in [0.25, 0.3) is 0 Å². The first-order valence-corrected chi connectivity index (χ1v) is 5.43. The van der Waals surface area contributed by atoms with Gasteiger partial charge in [0.05, 0.1) is 13.2 Å². The Kier molecular flexibility index (Phi) is 3.42. The van der Waals surface area contributed by atoms with Crippen molar-refractivity contribution in [1.82, 2.24) is 4.98 Å². The summed E-state index contributed by atoms with van der Waals surface area (Å²) in [7, 11) is 0. The highest BCUT2D eigenvalue weighted by Crippen LogP contribution is 2.21. The zero-order chi connectivity index (χ0) is 13.1. The fraction of sp³-hybridized carbons (Fsp3) is 0.364. The highest BCUT2D eigenvalue weighted by Gasteiger charge is 2.31. The molecule has 2 heterocycles. The van der Waals surface area contributed by atoms with Crippen LogP contribution in [-0.2, 0) is 9.53 Å². The van der Waals surface area contributed by atoms with E-state index in [1.807, 2.05) is 0 Å². The van der Waals surface area contributed by atoms with Crippen LogP contribution in [0.2, 0.25) is 0 Å². The summed E-state index contributed by atoms with van der Waals surface area (Å²) in [6.45, 7) is 0.926. The lowest BCUT2D eigenvalue weighted by atomic mass is 10.1. The first-order chi connectivity index (χ1) is 8.61. The smallest absolute Gasteiger partial charge is 0.339 e. The molecule has 1 atom stereocenters. The summed E-state index contributed by atoms with van der Waals surface area (Å²) in [5.74, 6) is -1.40. The molecule has 0 aromatic carbocycles. The molecule has 7 nitrogen and oxygen atoms in total. The molecule has 18 heavy (non-hydrogen) atoms. The third kappa shape index (κ3) is 2.25. The minimum Gasteiger partial charge on any atom is -0.478 e. The van der Waals surface area contributed by atoms with Crippen LogP contribution in [0, 0.1) is 0 Å². The van der Waals surface area contributed by atoms with E-state index in [0.29, 0.717) is 13.2 Å². The zero-order valence-corrected chi connectivity index (χ0v) is 9.57. The number of pyridine rings is 1. The number of rotatable bonds is 3. The molecule has 1 fully saturated rings. The van der Waals surface area contributed by atoms with Gasteiger partial charge >= 0.3 is 5.97 Å². The molecule has 1 aromatic heterocycles. The van der Waals surface area contributed by atoms with Crippen LogP contribution in [0.5, 0.6) is 0 Å². The third-order valence-corrected chi connectivity index (χ3v) is 2.75. The lowest BCUT2D eigenvalue weighted by Crippen LogP contribution is -2.53. The van der Waals surface area contributed by atoms with Crippen molar-refractivity contribution in [3.63, 3.8) is 0 Å². The Morgan fingerprint density at radius 2 is 2.33 bits per heavy atom. The molecule has 1 saturated heterocycles. The van der Waals surface area contributed by atoms with Gasteiger partial charge < -0.3 is 20.5 Å². The number of aromatic carboxylic acids is 1. The van der Waals surface area contributed by atoms with Gasteiger partial charge in [-0.3, -0.25) is 4.79 Å². The van der Waals surface area contributed by atoms with E-state index in [0.717, 1.165) is 0 Å². The maximum absolute atomic E-state index is 11.3. The van der Waals surface area contributed by atoms with Crippen LogP contribution in [0.4, 0.5) is 5.82 Å². The van der Waals surface area contributed by atoms with E-state index in [1.54, 1.807) is 4.90 Å². The van der Waals surface area contributed by atoms with Crippen molar-refractivity contribution in [2.75, 3.05) is 24.7 Å². The highest BCUT2D eigenvalue weighted by atomic mass is 16.5. The normalized spacial score (nSPS) is 19.6. The molecule has 1 aliphatic heterocycles. The molecule has 2 rings (SSSR count). The van der Waals surface area contributed by atoms with Crippen molar-refractivity contribution in [2.24, 2.45) is 5.73 Å². The maximum Gasteiger partial charge on any atom is 0.339 e. The van der Waals surface area contributed by atoms with E-state index >= 15 is 0 Å². The number of amides is 1. The van der Waals surface area contributed by atoms with Gasteiger partial charge in [0.2, 0.25) is 5.91 Å². The number of hydrogen-bond donors (Lipinski definition) is 2.